The second-order valence-electron chi connectivity index (χ2n) is 3.93. The Labute approximate surface area is 106 Å². The van der Waals surface area contributed by atoms with E-state index in [-0.39, 0.29) is 6.61 Å². The van der Waals surface area contributed by atoms with Crippen LogP contribution in [0.1, 0.15) is 5.69 Å². The maximum absolute atomic E-state index is 8.86. The lowest BCUT2D eigenvalue weighted by atomic mass is 10.3. The third kappa shape index (κ3) is 2.62. The molecule has 2 rings (SSSR count). The second-order valence-corrected chi connectivity index (χ2v) is 3.93. The Kier molecular flexibility index (Phi) is 3.84. The molecule has 5 heteroatoms. The van der Waals surface area contributed by atoms with Crippen LogP contribution in [0, 0.1) is 6.92 Å². The fourth-order valence-corrected chi connectivity index (χ4v) is 1.73. The Hall–Kier alpha value is -2.01. The summed E-state index contributed by atoms with van der Waals surface area (Å²) in [5.74, 6) is 1.68. The lowest BCUT2D eigenvalue weighted by Gasteiger charge is -2.09. The van der Waals surface area contributed by atoms with Crippen molar-refractivity contribution in [2.45, 2.75) is 6.92 Å². The maximum atomic E-state index is 8.86. The quantitative estimate of drug-likeness (QED) is 0.842. The molecule has 0 aliphatic carbocycles. The van der Waals surface area contributed by atoms with Gasteiger partial charge in [0.2, 0.25) is 0 Å². The highest BCUT2D eigenvalue weighted by Gasteiger charge is 2.06. The molecule has 0 fully saturated rings. The molecule has 2 N–H and O–H groups in total. The first-order chi connectivity index (χ1) is 8.74. The Balaban J connectivity index is 2.30. The maximum Gasteiger partial charge on any atom is 0.130 e. The first-order valence-corrected chi connectivity index (χ1v) is 5.80. The molecule has 0 spiro atoms. The molecular weight excluding hydrogens is 230 g/mol. The van der Waals surface area contributed by atoms with Crippen LogP contribution in [-0.4, -0.2) is 35.1 Å². The first-order valence-electron chi connectivity index (χ1n) is 5.80. The van der Waals surface area contributed by atoms with E-state index in [1.165, 1.54) is 0 Å². The topological polar surface area (TPSA) is 59.3 Å². The van der Waals surface area contributed by atoms with Crippen LogP contribution in [0.25, 0.3) is 5.69 Å². The Bertz CT molecular complexity index is 505. The molecular formula is C13H17N3O2. The fraction of sp³-hybridized carbons (Fsp3) is 0.308. The molecule has 1 aromatic carbocycles. The molecule has 0 radical (unpaired) electrons. The van der Waals surface area contributed by atoms with Gasteiger partial charge in [0, 0.05) is 12.6 Å². The number of nitrogens with one attached hydrogen (secondary N) is 1. The summed E-state index contributed by atoms with van der Waals surface area (Å²) in [4.78, 5) is 0. The Morgan fingerprint density at radius 1 is 1.33 bits per heavy atom. The van der Waals surface area contributed by atoms with Crippen LogP contribution in [0.5, 0.6) is 5.75 Å². The SMILES string of the molecule is COc1ccc(-n2nc(C)cc2NCCO)cc1. The zero-order chi connectivity index (χ0) is 13.0. The number of anilines is 1. The van der Waals surface area contributed by atoms with Crippen molar-refractivity contribution in [1.29, 1.82) is 0 Å². The van der Waals surface area contributed by atoms with Crippen LogP contribution in [-0.2, 0) is 0 Å². The van der Waals surface area contributed by atoms with Gasteiger partial charge in [-0.15, -0.1) is 0 Å². The molecule has 0 saturated carbocycles. The Morgan fingerprint density at radius 2 is 2.06 bits per heavy atom. The van der Waals surface area contributed by atoms with E-state index in [4.69, 9.17) is 9.84 Å². The molecule has 96 valence electrons. The summed E-state index contributed by atoms with van der Waals surface area (Å²) in [5, 5.41) is 16.4. The third-order valence-corrected chi connectivity index (χ3v) is 2.57. The number of aliphatic hydroxyl groups excluding tert-OH is 1. The van der Waals surface area contributed by atoms with Crippen molar-refractivity contribution in [3.63, 3.8) is 0 Å². The van der Waals surface area contributed by atoms with Crippen molar-refractivity contribution >= 4 is 5.82 Å². The van der Waals surface area contributed by atoms with Crippen molar-refractivity contribution in [2.75, 3.05) is 25.6 Å². The molecule has 18 heavy (non-hydrogen) atoms. The third-order valence-electron chi connectivity index (χ3n) is 2.57. The molecule has 2 aromatic rings. The normalized spacial score (nSPS) is 10.4. The molecule has 0 amide bonds. The van der Waals surface area contributed by atoms with Crippen LogP contribution >= 0.6 is 0 Å². The van der Waals surface area contributed by atoms with Crippen LogP contribution in [0.2, 0.25) is 0 Å². The molecule has 0 bridgehead atoms. The molecule has 0 aliphatic rings. The summed E-state index contributed by atoms with van der Waals surface area (Å²) in [5.41, 5.74) is 1.87. The number of ether oxygens (including phenoxy) is 1. The number of aryl methyl sites for hydroxylation is 1. The van der Waals surface area contributed by atoms with Crippen molar-refractivity contribution in [3.05, 3.63) is 36.0 Å². The number of methoxy groups -OCH3 is 1. The van der Waals surface area contributed by atoms with E-state index >= 15 is 0 Å². The summed E-state index contributed by atoms with van der Waals surface area (Å²) < 4.78 is 6.94. The van der Waals surface area contributed by atoms with Gasteiger partial charge < -0.3 is 15.2 Å². The van der Waals surface area contributed by atoms with E-state index in [0.717, 1.165) is 22.9 Å². The Morgan fingerprint density at radius 3 is 2.67 bits per heavy atom. The summed E-state index contributed by atoms with van der Waals surface area (Å²) in [6, 6.07) is 9.61. The number of rotatable bonds is 5. The van der Waals surface area contributed by atoms with Gasteiger partial charge in [0.15, 0.2) is 0 Å². The van der Waals surface area contributed by atoms with Crippen molar-refractivity contribution in [1.82, 2.24) is 9.78 Å². The number of aliphatic hydroxyl groups is 1. The smallest absolute Gasteiger partial charge is 0.130 e. The number of aromatic nitrogens is 2. The molecule has 5 nitrogen and oxygen atoms in total. The van der Waals surface area contributed by atoms with E-state index in [0.29, 0.717) is 6.54 Å². The molecule has 0 unspecified atom stereocenters. The van der Waals surface area contributed by atoms with E-state index in [1.54, 1.807) is 7.11 Å². The largest absolute Gasteiger partial charge is 0.497 e. The van der Waals surface area contributed by atoms with Crippen LogP contribution < -0.4 is 10.1 Å². The van der Waals surface area contributed by atoms with Crippen molar-refractivity contribution in [2.24, 2.45) is 0 Å². The zero-order valence-electron chi connectivity index (χ0n) is 10.6. The average molecular weight is 247 g/mol. The lowest BCUT2D eigenvalue weighted by Crippen LogP contribution is -2.10. The van der Waals surface area contributed by atoms with E-state index in [2.05, 4.69) is 10.4 Å². The van der Waals surface area contributed by atoms with Gasteiger partial charge in [-0.05, 0) is 31.2 Å². The second kappa shape index (κ2) is 5.55. The van der Waals surface area contributed by atoms with E-state index < -0.39 is 0 Å². The minimum absolute atomic E-state index is 0.0901. The first kappa shape index (κ1) is 12.4. The monoisotopic (exact) mass is 247 g/mol. The number of benzene rings is 1. The summed E-state index contributed by atoms with van der Waals surface area (Å²) >= 11 is 0. The molecule has 1 aromatic heterocycles. The molecule has 1 heterocycles. The van der Waals surface area contributed by atoms with Gasteiger partial charge in [-0.3, -0.25) is 0 Å². The highest BCUT2D eigenvalue weighted by atomic mass is 16.5. The number of hydrogen-bond donors (Lipinski definition) is 2. The lowest BCUT2D eigenvalue weighted by molar-refractivity contribution is 0.311. The standard InChI is InChI=1S/C13H17N3O2/c1-10-9-13(14-7-8-17)16(15-10)11-3-5-12(18-2)6-4-11/h3-6,9,14,17H,7-8H2,1-2H3. The van der Waals surface area contributed by atoms with Crippen molar-refractivity contribution < 1.29 is 9.84 Å². The molecule has 0 aliphatic heterocycles. The predicted molar refractivity (Wildman–Crippen MR) is 70.4 cm³/mol. The van der Waals surface area contributed by atoms with Gasteiger partial charge in [0.05, 0.1) is 25.1 Å². The minimum atomic E-state index is 0.0901. The zero-order valence-corrected chi connectivity index (χ0v) is 10.6. The number of hydrogen-bond acceptors (Lipinski definition) is 4. The highest BCUT2D eigenvalue weighted by molar-refractivity contribution is 5.47. The van der Waals surface area contributed by atoms with E-state index in [1.807, 2.05) is 41.9 Å². The van der Waals surface area contributed by atoms with Gasteiger partial charge in [0.25, 0.3) is 0 Å². The predicted octanol–water partition coefficient (Wildman–Crippen LogP) is 1.59. The van der Waals surface area contributed by atoms with Gasteiger partial charge in [-0.1, -0.05) is 0 Å². The minimum Gasteiger partial charge on any atom is -0.497 e. The number of nitrogens with zero attached hydrogens (tertiary/aromatic N) is 2. The van der Waals surface area contributed by atoms with Crippen LogP contribution in [0.3, 0.4) is 0 Å². The van der Waals surface area contributed by atoms with Gasteiger partial charge in [0.1, 0.15) is 11.6 Å². The average Bonchev–Trinajstić information content (AvgIpc) is 2.77. The van der Waals surface area contributed by atoms with Crippen LogP contribution in [0.4, 0.5) is 5.82 Å². The summed E-state index contributed by atoms with van der Waals surface area (Å²) in [7, 11) is 1.64. The van der Waals surface area contributed by atoms with Gasteiger partial charge >= 0.3 is 0 Å². The highest BCUT2D eigenvalue weighted by Crippen LogP contribution is 2.19. The van der Waals surface area contributed by atoms with Crippen molar-refractivity contribution in [3.8, 4) is 11.4 Å². The van der Waals surface area contributed by atoms with Gasteiger partial charge in [-0.2, -0.15) is 5.10 Å². The van der Waals surface area contributed by atoms with E-state index in [9.17, 15) is 0 Å². The van der Waals surface area contributed by atoms with Gasteiger partial charge in [-0.25, -0.2) is 4.68 Å². The van der Waals surface area contributed by atoms with Crippen LogP contribution in [0.15, 0.2) is 30.3 Å². The molecule has 0 atom stereocenters. The fourth-order valence-electron chi connectivity index (χ4n) is 1.73. The summed E-state index contributed by atoms with van der Waals surface area (Å²) in [6.07, 6.45) is 0. The summed E-state index contributed by atoms with van der Waals surface area (Å²) in [6.45, 7) is 2.53. The molecule has 0 saturated heterocycles.